The lowest BCUT2D eigenvalue weighted by Gasteiger charge is -2.22. The van der Waals surface area contributed by atoms with Gasteiger partial charge in [0.2, 0.25) is 5.91 Å². The molecule has 1 aliphatic heterocycles. The molecule has 2 aromatic rings. The summed E-state index contributed by atoms with van der Waals surface area (Å²) in [6, 6.07) is 9.98. The smallest absolute Gasteiger partial charge is 0.220 e. The zero-order valence-electron chi connectivity index (χ0n) is 13.4. The predicted octanol–water partition coefficient (Wildman–Crippen LogP) is 2.87. The van der Waals surface area contributed by atoms with E-state index >= 15 is 0 Å². The first kappa shape index (κ1) is 15.7. The second-order valence-corrected chi connectivity index (χ2v) is 6.09. The monoisotopic (exact) mass is 313 g/mol. The third kappa shape index (κ3) is 4.20. The maximum absolute atomic E-state index is 12.2. The number of aromatic nitrogens is 2. The van der Waals surface area contributed by atoms with Crippen LogP contribution < -0.4 is 5.32 Å². The minimum atomic E-state index is -0.0159. The van der Waals surface area contributed by atoms with Gasteiger partial charge < -0.3 is 10.1 Å². The summed E-state index contributed by atoms with van der Waals surface area (Å²) in [5, 5.41) is 7.35. The van der Waals surface area contributed by atoms with Crippen molar-refractivity contribution in [3.8, 4) is 5.69 Å². The fraction of sp³-hybridized carbons (Fsp3) is 0.444. The van der Waals surface area contributed by atoms with E-state index in [9.17, 15) is 4.79 Å². The standard InChI is InChI=1S/C18H23N3O2/c1-14(20-18(22)12-15-6-10-23-11-7-15)16-4-2-5-17(13-16)21-9-3-8-19-21/h2-5,8-9,13-15H,6-7,10-12H2,1H3,(H,20,22)/t14-/m0/s1. The van der Waals surface area contributed by atoms with Gasteiger partial charge in [0, 0.05) is 32.0 Å². The molecule has 1 aromatic carbocycles. The lowest BCUT2D eigenvalue weighted by molar-refractivity contribution is -0.123. The molecule has 1 N–H and O–H groups in total. The maximum atomic E-state index is 12.2. The van der Waals surface area contributed by atoms with Crippen LogP contribution in [0.3, 0.4) is 0 Å². The zero-order valence-corrected chi connectivity index (χ0v) is 13.4. The van der Waals surface area contributed by atoms with Gasteiger partial charge in [-0.25, -0.2) is 4.68 Å². The minimum Gasteiger partial charge on any atom is -0.381 e. The fourth-order valence-corrected chi connectivity index (χ4v) is 2.95. The number of carbonyl (C=O) groups excluding carboxylic acids is 1. The van der Waals surface area contributed by atoms with Gasteiger partial charge in [-0.2, -0.15) is 5.10 Å². The summed E-state index contributed by atoms with van der Waals surface area (Å²) < 4.78 is 7.16. The van der Waals surface area contributed by atoms with Crippen LogP contribution in [0.4, 0.5) is 0 Å². The predicted molar refractivity (Wildman–Crippen MR) is 88.3 cm³/mol. The fourth-order valence-electron chi connectivity index (χ4n) is 2.95. The molecule has 0 saturated carbocycles. The van der Waals surface area contributed by atoms with Gasteiger partial charge in [0.15, 0.2) is 0 Å². The molecule has 3 rings (SSSR count). The van der Waals surface area contributed by atoms with Crippen molar-refractivity contribution in [2.75, 3.05) is 13.2 Å². The number of nitrogens with one attached hydrogen (secondary N) is 1. The molecule has 5 nitrogen and oxygen atoms in total. The molecule has 0 aliphatic carbocycles. The molecule has 1 atom stereocenters. The summed E-state index contributed by atoms with van der Waals surface area (Å²) in [4.78, 5) is 12.2. The van der Waals surface area contributed by atoms with Gasteiger partial charge in [0.1, 0.15) is 0 Å². The molecular weight excluding hydrogens is 290 g/mol. The number of hydrogen-bond donors (Lipinski definition) is 1. The first-order valence-electron chi connectivity index (χ1n) is 8.19. The highest BCUT2D eigenvalue weighted by atomic mass is 16.5. The van der Waals surface area contributed by atoms with Gasteiger partial charge in [-0.05, 0) is 49.4 Å². The van der Waals surface area contributed by atoms with Crippen molar-refractivity contribution >= 4 is 5.91 Å². The van der Waals surface area contributed by atoms with Crippen molar-refractivity contribution in [2.24, 2.45) is 5.92 Å². The molecule has 0 spiro atoms. The van der Waals surface area contributed by atoms with Crippen LogP contribution in [0.1, 0.15) is 37.8 Å². The van der Waals surface area contributed by atoms with E-state index in [0.29, 0.717) is 12.3 Å². The van der Waals surface area contributed by atoms with Gasteiger partial charge in [0.05, 0.1) is 11.7 Å². The lowest BCUT2D eigenvalue weighted by atomic mass is 9.96. The van der Waals surface area contributed by atoms with Crippen LogP contribution in [-0.2, 0) is 9.53 Å². The summed E-state index contributed by atoms with van der Waals surface area (Å²) >= 11 is 0. The molecule has 1 aliphatic rings. The van der Waals surface area contributed by atoms with Gasteiger partial charge in [-0.3, -0.25) is 4.79 Å². The molecule has 1 fully saturated rings. The Bertz CT molecular complexity index is 633. The number of rotatable bonds is 5. The van der Waals surface area contributed by atoms with Crippen molar-refractivity contribution in [1.82, 2.24) is 15.1 Å². The molecule has 2 heterocycles. The first-order chi connectivity index (χ1) is 11.2. The summed E-state index contributed by atoms with van der Waals surface area (Å²) in [7, 11) is 0. The average molecular weight is 313 g/mol. The third-order valence-electron chi connectivity index (χ3n) is 4.33. The largest absolute Gasteiger partial charge is 0.381 e. The zero-order chi connectivity index (χ0) is 16.1. The van der Waals surface area contributed by atoms with E-state index in [4.69, 9.17) is 4.74 Å². The van der Waals surface area contributed by atoms with Gasteiger partial charge in [-0.1, -0.05) is 12.1 Å². The van der Waals surface area contributed by atoms with Crippen LogP contribution in [0.25, 0.3) is 5.69 Å². The van der Waals surface area contributed by atoms with Crippen molar-refractivity contribution in [2.45, 2.75) is 32.2 Å². The molecule has 0 radical (unpaired) electrons. The number of hydrogen-bond acceptors (Lipinski definition) is 3. The lowest BCUT2D eigenvalue weighted by Crippen LogP contribution is -2.30. The molecular formula is C18H23N3O2. The molecule has 122 valence electrons. The second kappa shape index (κ2) is 7.42. The number of carbonyl (C=O) groups is 1. The van der Waals surface area contributed by atoms with Crippen LogP contribution in [0, 0.1) is 5.92 Å². The van der Waals surface area contributed by atoms with Gasteiger partial charge >= 0.3 is 0 Å². The number of benzene rings is 1. The van der Waals surface area contributed by atoms with Crippen molar-refractivity contribution in [3.63, 3.8) is 0 Å². The number of ether oxygens (including phenoxy) is 1. The van der Waals surface area contributed by atoms with Crippen LogP contribution in [0.2, 0.25) is 0 Å². The summed E-state index contributed by atoms with van der Waals surface area (Å²) in [6.07, 6.45) is 6.22. The Morgan fingerprint density at radius 3 is 2.96 bits per heavy atom. The highest BCUT2D eigenvalue weighted by molar-refractivity contribution is 5.76. The molecule has 1 saturated heterocycles. The number of amides is 1. The number of nitrogens with zero attached hydrogens (tertiary/aromatic N) is 2. The normalized spacial score (nSPS) is 16.9. The highest BCUT2D eigenvalue weighted by Crippen LogP contribution is 2.20. The SMILES string of the molecule is C[C@H](NC(=O)CC1CCOCC1)c1cccc(-n2cccn2)c1. The Hall–Kier alpha value is -2.14. The molecule has 0 unspecified atom stereocenters. The Labute approximate surface area is 136 Å². The van der Waals surface area contributed by atoms with E-state index in [1.54, 1.807) is 6.20 Å². The van der Waals surface area contributed by atoms with Crippen LogP contribution in [0.15, 0.2) is 42.7 Å². The van der Waals surface area contributed by atoms with Gasteiger partial charge in [-0.15, -0.1) is 0 Å². The summed E-state index contributed by atoms with van der Waals surface area (Å²) in [5.74, 6) is 0.570. The Balaban J connectivity index is 1.60. The van der Waals surface area contributed by atoms with Gasteiger partial charge in [0.25, 0.3) is 0 Å². The van der Waals surface area contributed by atoms with Crippen molar-refractivity contribution in [3.05, 3.63) is 48.3 Å². The molecule has 1 aromatic heterocycles. The average Bonchev–Trinajstić information content (AvgIpc) is 3.10. The van der Waals surface area contributed by atoms with E-state index in [1.165, 1.54) is 0 Å². The minimum absolute atomic E-state index is 0.0159. The molecule has 5 heteroatoms. The van der Waals surface area contributed by atoms with Crippen LogP contribution >= 0.6 is 0 Å². The Morgan fingerprint density at radius 1 is 1.39 bits per heavy atom. The van der Waals surface area contributed by atoms with E-state index in [-0.39, 0.29) is 11.9 Å². The van der Waals surface area contributed by atoms with Crippen LogP contribution in [-0.4, -0.2) is 28.9 Å². The van der Waals surface area contributed by atoms with Crippen LogP contribution in [0.5, 0.6) is 0 Å². The Morgan fingerprint density at radius 2 is 2.22 bits per heavy atom. The Kier molecular flexibility index (Phi) is 5.08. The highest BCUT2D eigenvalue weighted by Gasteiger charge is 2.18. The van der Waals surface area contributed by atoms with E-state index in [0.717, 1.165) is 37.3 Å². The van der Waals surface area contributed by atoms with E-state index in [1.807, 2.05) is 42.1 Å². The molecule has 0 bridgehead atoms. The van der Waals surface area contributed by atoms with Crippen molar-refractivity contribution < 1.29 is 9.53 Å². The summed E-state index contributed by atoms with van der Waals surface area (Å²) in [6.45, 7) is 3.57. The van der Waals surface area contributed by atoms with Crippen molar-refractivity contribution in [1.29, 1.82) is 0 Å². The summed E-state index contributed by atoms with van der Waals surface area (Å²) in [5.41, 5.74) is 2.08. The maximum Gasteiger partial charge on any atom is 0.220 e. The quantitative estimate of drug-likeness (QED) is 0.923. The topological polar surface area (TPSA) is 56.1 Å². The first-order valence-corrected chi connectivity index (χ1v) is 8.19. The molecule has 1 amide bonds. The van der Waals surface area contributed by atoms with E-state index < -0.39 is 0 Å². The second-order valence-electron chi connectivity index (χ2n) is 6.09. The van der Waals surface area contributed by atoms with E-state index in [2.05, 4.69) is 16.5 Å². The third-order valence-corrected chi connectivity index (χ3v) is 4.33. The molecule has 23 heavy (non-hydrogen) atoms.